The number of hydrogen-bond acceptors (Lipinski definition) is 3. The highest BCUT2D eigenvalue weighted by atomic mass is 35.5. The fraction of sp³-hybridized carbons (Fsp3) is 0.167. The summed E-state index contributed by atoms with van der Waals surface area (Å²) in [4.78, 5) is 15.6. The molecule has 0 saturated carbocycles. The number of halogens is 2. The summed E-state index contributed by atoms with van der Waals surface area (Å²) in [5.41, 5.74) is 1.64. The van der Waals surface area contributed by atoms with Crippen LogP contribution in [0.4, 0.5) is 0 Å². The van der Waals surface area contributed by atoms with Crippen LogP contribution in [-0.4, -0.2) is 18.1 Å². The van der Waals surface area contributed by atoms with E-state index in [1.54, 1.807) is 6.07 Å². The largest absolute Gasteiger partial charge is 0.464 e. The molecular weight excluding hydrogens is 261 g/mol. The molecular formula is C12H9Cl2NO2. The molecule has 0 fully saturated rings. The number of nitrogens with zero attached hydrogens (tertiary/aromatic N) is 1. The second kappa shape index (κ2) is 4.51. The Balaban J connectivity index is 2.77. The quantitative estimate of drug-likeness (QED) is 0.742. The van der Waals surface area contributed by atoms with Gasteiger partial charge in [0.15, 0.2) is 5.69 Å². The van der Waals surface area contributed by atoms with Crippen LogP contribution in [0.1, 0.15) is 16.1 Å². The number of esters is 1. The Morgan fingerprint density at radius 2 is 1.94 bits per heavy atom. The lowest BCUT2D eigenvalue weighted by molar-refractivity contribution is 0.0594. The van der Waals surface area contributed by atoms with Crippen molar-refractivity contribution >= 4 is 40.1 Å². The summed E-state index contributed by atoms with van der Waals surface area (Å²) >= 11 is 12.2. The second-order valence-corrected chi connectivity index (χ2v) is 4.44. The average molecular weight is 270 g/mol. The number of aromatic nitrogens is 1. The highest BCUT2D eigenvalue weighted by molar-refractivity contribution is 6.39. The molecule has 2 rings (SSSR count). The van der Waals surface area contributed by atoms with Crippen molar-refractivity contribution in [3.8, 4) is 0 Å². The number of pyridine rings is 1. The summed E-state index contributed by atoms with van der Waals surface area (Å²) in [6.07, 6.45) is 0. The molecule has 88 valence electrons. The van der Waals surface area contributed by atoms with Gasteiger partial charge in [0.05, 0.1) is 22.7 Å². The molecule has 17 heavy (non-hydrogen) atoms. The van der Waals surface area contributed by atoms with Crippen molar-refractivity contribution < 1.29 is 9.53 Å². The Labute approximate surface area is 108 Å². The van der Waals surface area contributed by atoms with E-state index in [-0.39, 0.29) is 5.69 Å². The second-order valence-electron chi connectivity index (χ2n) is 3.62. The number of benzene rings is 1. The summed E-state index contributed by atoms with van der Waals surface area (Å²) in [7, 11) is 1.29. The number of fused-ring (bicyclic) bond motifs is 1. The Kier molecular flexibility index (Phi) is 3.22. The van der Waals surface area contributed by atoms with Crippen LogP contribution in [-0.2, 0) is 4.74 Å². The maximum Gasteiger partial charge on any atom is 0.356 e. The Morgan fingerprint density at radius 3 is 2.59 bits per heavy atom. The summed E-state index contributed by atoms with van der Waals surface area (Å²) in [5, 5.41) is 1.62. The summed E-state index contributed by atoms with van der Waals surface area (Å²) in [6, 6.07) is 5.12. The topological polar surface area (TPSA) is 39.2 Å². The van der Waals surface area contributed by atoms with Crippen molar-refractivity contribution in [2.45, 2.75) is 6.92 Å². The van der Waals surface area contributed by atoms with E-state index in [1.807, 2.05) is 13.0 Å². The summed E-state index contributed by atoms with van der Waals surface area (Å²) < 4.78 is 4.60. The first kappa shape index (κ1) is 12.1. The third-order valence-corrected chi connectivity index (χ3v) is 2.96. The van der Waals surface area contributed by atoms with Crippen LogP contribution in [0.2, 0.25) is 10.0 Å². The fourth-order valence-corrected chi connectivity index (χ4v) is 2.15. The molecule has 0 radical (unpaired) electrons. The highest BCUT2D eigenvalue weighted by Gasteiger charge is 2.13. The van der Waals surface area contributed by atoms with E-state index >= 15 is 0 Å². The molecule has 0 bridgehead atoms. The lowest BCUT2D eigenvalue weighted by atomic mass is 10.1. The monoisotopic (exact) mass is 269 g/mol. The van der Waals surface area contributed by atoms with Crippen LogP contribution in [0.15, 0.2) is 18.2 Å². The van der Waals surface area contributed by atoms with Crippen molar-refractivity contribution in [1.29, 1.82) is 0 Å². The lowest BCUT2D eigenvalue weighted by Gasteiger charge is -2.06. The van der Waals surface area contributed by atoms with Crippen LogP contribution in [0, 0.1) is 6.92 Å². The molecule has 0 aliphatic rings. The van der Waals surface area contributed by atoms with E-state index < -0.39 is 5.97 Å². The summed E-state index contributed by atoms with van der Waals surface area (Å²) in [6.45, 7) is 1.91. The van der Waals surface area contributed by atoms with E-state index in [4.69, 9.17) is 23.2 Å². The maximum atomic E-state index is 11.4. The van der Waals surface area contributed by atoms with E-state index in [1.165, 1.54) is 13.2 Å². The predicted octanol–water partition coefficient (Wildman–Crippen LogP) is 3.64. The number of carbonyl (C=O) groups is 1. The van der Waals surface area contributed by atoms with Crippen LogP contribution in [0.25, 0.3) is 10.9 Å². The Hall–Kier alpha value is -1.32. The van der Waals surface area contributed by atoms with Crippen LogP contribution >= 0.6 is 23.2 Å². The van der Waals surface area contributed by atoms with Gasteiger partial charge in [-0.1, -0.05) is 23.2 Å². The van der Waals surface area contributed by atoms with E-state index in [0.717, 1.165) is 10.9 Å². The minimum absolute atomic E-state index is 0.149. The first-order chi connectivity index (χ1) is 8.02. The first-order valence-electron chi connectivity index (χ1n) is 4.87. The van der Waals surface area contributed by atoms with E-state index in [0.29, 0.717) is 15.6 Å². The normalized spacial score (nSPS) is 10.6. The molecule has 2 aromatic rings. The van der Waals surface area contributed by atoms with E-state index in [2.05, 4.69) is 9.72 Å². The van der Waals surface area contributed by atoms with Gasteiger partial charge in [-0.15, -0.1) is 0 Å². The molecule has 0 atom stereocenters. The van der Waals surface area contributed by atoms with Crippen molar-refractivity contribution in [3.63, 3.8) is 0 Å². The molecule has 1 aromatic heterocycles. The maximum absolute atomic E-state index is 11.4. The zero-order valence-corrected chi connectivity index (χ0v) is 10.8. The van der Waals surface area contributed by atoms with Gasteiger partial charge in [-0.2, -0.15) is 0 Å². The molecule has 0 aliphatic heterocycles. The van der Waals surface area contributed by atoms with Gasteiger partial charge in [0.25, 0.3) is 0 Å². The molecule has 0 spiro atoms. The van der Waals surface area contributed by atoms with Crippen molar-refractivity contribution in [2.75, 3.05) is 7.11 Å². The molecule has 5 heteroatoms. The third-order valence-electron chi connectivity index (χ3n) is 2.36. The molecule has 1 aromatic carbocycles. The van der Waals surface area contributed by atoms with Gasteiger partial charge in [0, 0.05) is 5.39 Å². The molecule has 0 saturated heterocycles. The molecule has 3 nitrogen and oxygen atoms in total. The van der Waals surface area contributed by atoms with Gasteiger partial charge in [-0.05, 0) is 30.7 Å². The van der Waals surface area contributed by atoms with Crippen molar-refractivity contribution in [2.24, 2.45) is 0 Å². The van der Waals surface area contributed by atoms with Crippen molar-refractivity contribution in [3.05, 3.63) is 39.5 Å². The number of aryl methyl sites for hydroxylation is 1. The Bertz CT molecular complexity index is 611. The smallest absolute Gasteiger partial charge is 0.356 e. The average Bonchev–Trinajstić information content (AvgIpc) is 2.29. The zero-order chi connectivity index (χ0) is 12.6. The van der Waals surface area contributed by atoms with E-state index in [9.17, 15) is 4.79 Å². The molecule has 0 unspecified atom stereocenters. The standard InChI is InChI=1S/C12H9Cl2NO2/c1-6-3-7-8(13)5-10(12(16)17-2)15-11(7)9(14)4-6/h3-5H,1-2H3. The fourth-order valence-electron chi connectivity index (χ4n) is 1.59. The molecule has 0 amide bonds. The number of methoxy groups -OCH3 is 1. The van der Waals surface area contributed by atoms with Crippen LogP contribution in [0.3, 0.4) is 0 Å². The minimum atomic E-state index is -0.537. The van der Waals surface area contributed by atoms with Crippen LogP contribution < -0.4 is 0 Å². The van der Waals surface area contributed by atoms with Crippen LogP contribution in [0.5, 0.6) is 0 Å². The third kappa shape index (κ3) is 2.21. The number of ether oxygens (including phenoxy) is 1. The lowest BCUT2D eigenvalue weighted by Crippen LogP contribution is -2.04. The van der Waals surface area contributed by atoms with Gasteiger partial charge >= 0.3 is 5.97 Å². The SMILES string of the molecule is COC(=O)c1cc(Cl)c2cc(C)cc(Cl)c2n1. The molecule has 0 aliphatic carbocycles. The van der Waals surface area contributed by atoms with Gasteiger partial charge in [-0.3, -0.25) is 0 Å². The van der Waals surface area contributed by atoms with Gasteiger partial charge in [0.1, 0.15) is 0 Å². The number of hydrogen-bond donors (Lipinski definition) is 0. The number of carbonyl (C=O) groups excluding carboxylic acids is 1. The molecule has 0 N–H and O–H groups in total. The van der Waals surface area contributed by atoms with Gasteiger partial charge in [-0.25, -0.2) is 9.78 Å². The first-order valence-corrected chi connectivity index (χ1v) is 5.63. The minimum Gasteiger partial charge on any atom is -0.464 e. The highest BCUT2D eigenvalue weighted by Crippen LogP contribution is 2.29. The Morgan fingerprint density at radius 1 is 1.24 bits per heavy atom. The van der Waals surface area contributed by atoms with Gasteiger partial charge < -0.3 is 4.74 Å². The number of rotatable bonds is 1. The molecule has 1 heterocycles. The summed E-state index contributed by atoms with van der Waals surface area (Å²) in [5.74, 6) is -0.537. The van der Waals surface area contributed by atoms with Gasteiger partial charge in [0.2, 0.25) is 0 Å². The van der Waals surface area contributed by atoms with Crippen molar-refractivity contribution in [1.82, 2.24) is 4.98 Å². The zero-order valence-electron chi connectivity index (χ0n) is 9.25. The predicted molar refractivity (Wildman–Crippen MR) is 67.8 cm³/mol.